The second-order valence-electron chi connectivity index (χ2n) is 6.71. The Balaban J connectivity index is 2.03. The Kier molecular flexibility index (Phi) is 10.2. The van der Waals surface area contributed by atoms with E-state index in [4.69, 9.17) is 9.47 Å². The van der Waals surface area contributed by atoms with Crippen molar-refractivity contribution in [1.82, 2.24) is 20.6 Å². The maximum atomic E-state index is 6.05. The number of tetrazole rings is 1. The van der Waals surface area contributed by atoms with E-state index in [1.165, 1.54) is 38.5 Å². The third kappa shape index (κ3) is 7.87. The fourth-order valence-electron chi connectivity index (χ4n) is 2.81. The van der Waals surface area contributed by atoms with Gasteiger partial charge in [-0.3, -0.25) is 0 Å². The summed E-state index contributed by atoms with van der Waals surface area (Å²) in [7, 11) is 0. The van der Waals surface area contributed by atoms with E-state index in [-0.39, 0.29) is 0 Å². The van der Waals surface area contributed by atoms with Gasteiger partial charge in [-0.05, 0) is 40.9 Å². The minimum absolute atomic E-state index is 0.556. The first kappa shape index (κ1) is 21.7. The maximum Gasteiger partial charge on any atom is 0.179 e. The molecule has 0 spiro atoms. The van der Waals surface area contributed by atoms with Gasteiger partial charge in [-0.1, -0.05) is 57.6 Å². The van der Waals surface area contributed by atoms with Crippen molar-refractivity contribution in [3.8, 4) is 11.5 Å². The number of rotatable bonds is 14. The van der Waals surface area contributed by atoms with Gasteiger partial charge in [-0.2, -0.15) is 5.21 Å². The maximum absolute atomic E-state index is 6.05. The van der Waals surface area contributed by atoms with Crippen LogP contribution in [0.2, 0.25) is 0 Å². The molecule has 0 unspecified atom stereocenters. The highest BCUT2D eigenvalue weighted by Gasteiger charge is 2.13. The van der Waals surface area contributed by atoms with E-state index in [9.17, 15) is 0 Å². The fourth-order valence-corrected chi connectivity index (χ4v) is 3.25. The van der Waals surface area contributed by atoms with E-state index >= 15 is 0 Å². The number of benzene rings is 1. The molecule has 2 aromatic rings. The number of aromatic nitrogens is 4. The fraction of sp³-hybridized carbons (Fsp3) is 0.650. The summed E-state index contributed by atoms with van der Waals surface area (Å²) in [5.41, 5.74) is 1.01. The molecule has 0 amide bonds. The minimum Gasteiger partial charge on any atom is -0.493 e. The summed E-state index contributed by atoms with van der Waals surface area (Å²) < 4.78 is 13.0. The van der Waals surface area contributed by atoms with Gasteiger partial charge in [-0.25, -0.2) is 0 Å². The zero-order valence-electron chi connectivity index (χ0n) is 16.5. The number of hydrogen-bond donors (Lipinski definition) is 1. The van der Waals surface area contributed by atoms with Crippen LogP contribution in [-0.2, 0) is 6.42 Å². The summed E-state index contributed by atoms with van der Waals surface area (Å²) in [6, 6.07) is 4.03. The zero-order valence-corrected chi connectivity index (χ0v) is 18.1. The Morgan fingerprint density at radius 2 is 1.56 bits per heavy atom. The van der Waals surface area contributed by atoms with Crippen LogP contribution in [0.3, 0.4) is 0 Å². The van der Waals surface area contributed by atoms with Crippen LogP contribution in [0.5, 0.6) is 11.5 Å². The molecule has 1 N–H and O–H groups in total. The highest BCUT2D eigenvalue weighted by atomic mass is 79.9. The first-order valence-corrected chi connectivity index (χ1v) is 10.8. The van der Waals surface area contributed by atoms with E-state index < -0.39 is 0 Å². The molecule has 27 heavy (non-hydrogen) atoms. The van der Waals surface area contributed by atoms with Crippen LogP contribution in [0.25, 0.3) is 0 Å². The number of unbranched alkanes of at least 4 members (excludes halogenated alkanes) is 6. The Bertz CT molecular complexity index is 650. The number of halogens is 1. The molecule has 0 saturated carbocycles. The van der Waals surface area contributed by atoms with Gasteiger partial charge in [0.2, 0.25) is 0 Å². The molecule has 0 fully saturated rings. The average Bonchev–Trinajstić information content (AvgIpc) is 3.17. The van der Waals surface area contributed by atoms with E-state index in [0.29, 0.717) is 18.9 Å². The molecule has 0 aliphatic heterocycles. The lowest BCUT2D eigenvalue weighted by atomic mass is 10.1. The molecule has 0 atom stereocenters. The van der Waals surface area contributed by atoms with Gasteiger partial charge in [-0.15, -0.1) is 10.2 Å². The molecular formula is C20H31BrN4O2. The van der Waals surface area contributed by atoms with Gasteiger partial charge in [0.05, 0.1) is 17.7 Å². The van der Waals surface area contributed by atoms with Gasteiger partial charge in [0, 0.05) is 12.0 Å². The smallest absolute Gasteiger partial charge is 0.179 e. The molecule has 0 radical (unpaired) electrons. The first-order chi connectivity index (χ1) is 13.2. The molecule has 6 nitrogen and oxygen atoms in total. The molecule has 1 aromatic heterocycles. The summed E-state index contributed by atoms with van der Waals surface area (Å²) in [5.74, 6) is 2.33. The Morgan fingerprint density at radius 3 is 2.15 bits per heavy atom. The first-order valence-electron chi connectivity index (χ1n) is 10.0. The Morgan fingerprint density at radius 1 is 0.889 bits per heavy atom. The number of ether oxygens (including phenoxy) is 2. The monoisotopic (exact) mass is 438 g/mol. The topological polar surface area (TPSA) is 72.9 Å². The Labute approximate surface area is 170 Å². The molecule has 2 rings (SSSR count). The van der Waals surface area contributed by atoms with Crippen LogP contribution in [0.4, 0.5) is 0 Å². The normalized spacial score (nSPS) is 10.9. The van der Waals surface area contributed by atoms with E-state index in [1.807, 2.05) is 12.1 Å². The molecule has 0 bridgehead atoms. The lowest BCUT2D eigenvalue weighted by Gasteiger charge is -2.15. The van der Waals surface area contributed by atoms with E-state index in [2.05, 4.69) is 50.4 Å². The van der Waals surface area contributed by atoms with Gasteiger partial charge < -0.3 is 9.47 Å². The van der Waals surface area contributed by atoms with E-state index in [0.717, 1.165) is 41.0 Å². The second kappa shape index (κ2) is 12.7. The number of hydrogen-bond acceptors (Lipinski definition) is 5. The van der Waals surface area contributed by atoms with Crippen molar-refractivity contribution in [2.75, 3.05) is 13.2 Å². The summed E-state index contributed by atoms with van der Waals surface area (Å²) in [6.07, 6.45) is 10.0. The average molecular weight is 439 g/mol. The molecule has 7 heteroatoms. The Hall–Kier alpha value is -1.63. The van der Waals surface area contributed by atoms with Crippen molar-refractivity contribution in [3.05, 3.63) is 28.0 Å². The standard InChI is InChI=1S/C20H31BrN4O2/c1-3-5-7-9-11-26-18-15-17(21)19(27-12-10-8-6-4-2)13-16(18)14-20-22-24-25-23-20/h13,15H,3-12,14H2,1-2H3,(H,22,23,24,25). The second-order valence-corrected chi connectivity index (χ2v) is 7.57. The zero-order chi connectivity index (χ0) is 19.3. The van der Waals surface area contributed by atoms with Gasteiger partial charge >= 0.3 is 0 Å². The van der Waals surface area contributed by atoms with E-state index in [1.54, 1.807) is 0 Å². The van der Waals surface area contributed by atoms with Crippen molar-refractivity contribution in [3.63, 3.8) is 0 Å². The number of nitrogens with one attached hydrogen (secondary N) is 1. The lowest BCUT2D eigenvalue weighted by Crippen LogP contribution is -2.04. The van der Waals surface area contributed by atoms with Crippen LogP contribution in [-0.4, -0.2) is 33.8 Å². The highest BCUT2D eigenvalue weighted by molar-refractivity contribution is 9.10. The van der Waals surface area contributed by atoms with Crippen molar-refractivity contribution >= 4 is 15.9 Å². The number of H-pyrrole nitrogens is 1. The molecule has 0 saturated heterocycles. The van der Waals surface area contributed by atoms with Crippen molar-refractivity contribution in [2.45, 2.75) is 71.6 Å². The number of aromatic amines is 1. The molecule has 1 aromatic carbocycles. The number of nitrogens with zero attached hydrogens (tertiary/aromatic N) is 3. The van der Waals surface area contributed by atoms with Crippen LogP contribution in [0.1, 0.15) is 76.6 Å². The lowest BCUT2D eigenvalue weighted by molar-refractivity contribution is 0.293. The summed E-state index contributed by atoms with van der Waals surface area (Å²) in [4.78, 5) is 0. The van der Waals surface area contributed by atoms with Crippen LogP contribution >= 0.6 is 15.9 Å². The molecular weight excluding hydrogens is 408 g/mol. The minimum atomic E-state index is 0.556. The molecule has 0 aliphatic rings. The third-order valence-electron chi connectivity index (χ3n) is 4.36. The molecule has 0 aliphatic carbocycles. The molecule has 150 valence electrons. The van der Waals surface area contributed by atoms with Gasteiger partial charge in [0.15, 0.2) is 5.82 Å². The highest BCUT2D eigenvalue weighted by Crippen LogP contribution is 2.34. The predicted molar refractivity (Wildman–Crippen MR) is 110 cm³/mol. The summed E-state index contributed by atoms with van der Waals surface area (Å²) in [6.45, 7) is 5.85. The van der Waals surface area contributed by atoms with Crippen molar-refractivity contribution in [1.29, 1.82) is 0 Å². The summed E-state index contributed by atoms with van der Waals surface area (Å²) in [5, 5.41) is 14.3. The van der Waals surface area contributed by atoms with Crippen LogP contribution < -0.4 is 9.47 Å². The summed E-state index contributed by atoms with van der Waals surface area (Å²) >= 11 is 3.62. The van der Waals surface area contributed by atoms with Crippen molar-refractivity contribution in [2.24, 2.45) is 0 Å². The molecule has 1 heterocycles. The SMILES string of the molecule is CCCCCCOc1cc(Cc2nn[nH]n2)c(OCCCCCC)cc1Br. The van der Waals surface area contributed by atoms with Gasteiger partial charge in [0.1, 0.15) is 11.5 Å². The largest absolute Gasteiger partial charge is 0.493 e. The van der Waals surface area contributed by atoms with Crippen LogP contribution in [0, 0.1) is 0 Å². The predicted octanol–water partition coefficient (Wildman–Crippen LogP) is 5.47. The van der Waals surface area contributed by atoms with Gasteiger partial charge in [0.25, 0.3) is 0 Å². The van der Waals surface area contributed by atoms with Crippen LogP contribution in [0.15, 0.2) is 16.6 Å². The quantitative estimate of drug-likeness (QED) is 0.395. The third-order valence-corrected chi connectivity index (χ3v) is 4.98. The van der Waals surface area contributed by atoms with Crippen molar-refractivity contribution < 1.29 is 9.47 Å².